The summed E-state index contributed by atoms with van der Waals surface area (Å²) >= 11 is 0. The Morgan fingerprint density at radius 2 is 1.90 bits per heavy atom. The average molecular weight is 278 g/mol. The van der Waals surface area contributed by atoms with E-state index in [9.17, 15) is 14.8 Å². The Labute approximate surface area is 120 Å². The lowest BCUT2D eigenvalue weighted by atomic mass is 9.73. The molecule has 0 saturated carbocycles. The van der Waals surface area contributed by atoms with Gasteiger partial charge in [-0.15, -0.1) is 0 Å². The summed E-state index contributed by atoms with van der Waals surface area (Å²) in [6.45, 7) is 9.75. The lowest BCUT2D eigenvalue weighted by molar-refractivity contribution is 0.0377. The highest BCUT2D eigenvalue weighted by Gasteiger charge is 2.22. The van der Waals surface area contributed by atoms with Crippen molar-refractivity contribution in [3.63, 3.8) is 0 Å². The number of hydrogen-bond donors (Lipinski definition) is 2. The Morgan fingerprint density at radius 3 is 2.35 bits per heavy atom. The number of rotatable bonds is 4. The molecule has 1 aromatic rings. The molecular weight excluding hydrogens is 255 g/mol. The van der Waals surface area contributed by atoms with Gasteiger partial charge >= 0.3 is 13.1 Å². The monoisotopic (exact) mass is 278 g/mol. The third kappa shape index (κ3) is 4.98. The van der Waals surface area contributed by atoms with Gasteiger partial charge in [-0.25, -0.2) is 4.79 Å². The highest BCUT2D eigenvalue weighted by molar-refractivity contribution is 6.59. The molecule has 0 bridgehead atoms. The molecule has 20 heavy (non-hydrogen) atoms. The van der Waals surface area contributed by atoms with Gasteiger partial charge in [-0.05, 0) is 48.8 Å². The molecule has 2 N–H and O–H groups in total. The zero-order chi connectivity index (χ0) is 15.5. The van der Waals surface area contributed by atoms with Crippen LogP contribution >= 0.6 is 0 Å². The second kappa shape index (κ2) is 6.42. The quantitative estimate of drug-likeness (QED) is 0.647. The van der Waals surface area contributed by atoms with Crippen molar-refractivity contribution >= 4 is 18.6 Å². The van der Waals surface area contributed by atoms with Crippen LogP contribution in [0.3, 0.4) is 0 Å². The van der Waals surface area contributed by atoms with Crippen LogP contribution in [0.4, 0.5) is 0 Å². The Kier molecular flexibility index (Phi) is 5.37. The third-order valence-corrected chi connectivity index (χ3v) is 2.72. The minimum Gasteiger partial charge on any atom is -0.459 e. The van der Waals surface area contributed by atoms with Gasteiger partial charge in [-0.1, -0.05) is 26.8 Å². The number of ether oxygens (including phenoxy) is 1. The van der Waals surface area contributed by atoms with Gasteiger partial charge in [0.2, 0.25) is 0 Å². The molecule has 0 unspecified atom stereocenters. The van der Waals surface area contributed by atoms with Gasteiger partial charge in [0.05, 0.1) is 11.7 Å². The van der Waals surface area contributed by atoms with Crippen LogP contribution in [-0.2, 0) is 11.2 Å². The SMILES string of the molecule is CC(C)OC(=O)c1ccc(B(O)O)c(CC(C)(C)C)c1. The predicted octanol–water partition coefficient (Wildman–Crippen LogP) is 1.52. The summed E-state index contributed by atoms with van der Waals surface area (Å²) in [5.74, 6) is -0.394. The molecule has 0 atom stereocenters. The Bertz CT molecular complexity index is 475. The largest absolute Gasteiger partial charge is 0.488 e. The van der Waals surface area contributed by atoms with Crippen LogP contribution < -0.4 is 5.46 Å². The minimum atomic E-state index is -1.54. The van der Waals surface area contributed by atoms with Crippen LogP contribution in [0.15, 0.2) is 18.2 Å². The highest BCUT2D eigenvalue weighted by Crippen LogP contribution is 2.20. The predicted molar refractivity (Wildman–Crippen MR) is 80.0 cm³/mol. The summed E-state index contributed by atoms with van der Waals surface area (Å²) in [7, 11) is -1.54. The maximum Gasteiger partial charge on any atom is 0.488 e. The number of carbonyl (C=O) groups is 1. The van der Waals surface area contributed by atoms with Gasteiger partial charge in [-0.3, -0.25) is 0 Å². The van der Waals surface area contributed by atoms with Gasteiger partial charge in [0.1, 0.15) is 0 Å². The normalized spacial score (nSPS) is 11.6. The van der Waals surface area contributed by atoms with E-state index in [0.29, 0.717) is 17.4 Å². The van der Waals surface area contributed by atoms with Gasteiger partial charge in [0.25, 0.3) is 0 Å². The molecule has 1 rings (SSSR count). The van der Waals surface area contributed by atoms with E-state index in [1.807, 2.05) is 0 Å². The van der Waals surface area contributed by atoms with Crippen LogP contribution in [0.25, 0.3) is 0 Å². The summed E-state index contributed by atoms with van der Waals surface area (Å²) in [5, 5.41) is 18.8. The Hall–Kier alpha value is -1.33. The van der Waals surface area contributed by atoms with Crippen molar-refractivity contribution in [2.75, 3.05) is 0 Å². The lowest BCUT2D eigenvalue weighted by Crippen LogP contribution is -2.34. The van der Waals surface area contributed by atoms with Crippen LogP contribution in [0.5, 0.6) is 0 Å². The van der Waals surface area contributed by atoms with Gasteiger partial charge < -0.3 is 14.8 Å². The maximum atomic E-state index is 11.9. The summed E-state index contributed by atoms with van der Waals surface area (Å²) in [5.41, 5.74) is 1.60. The number of hydrogen-bond acceptors (Lipinski definition) is 4. The van der Waals surface area contributed by atoms with E-state index in [-0.39, 0.29) is 11.5 Å². The summed E-state index contributed by atoms with van der Waals surface area (Å²) in [4.78, 5) is 11.9. The van der Waals surface area contributed by atoms with Crippen molar-refractivity contribution in [3.05, 3.63) is 29.3 Å². The van der Waals surface area contributed by atoms with E-state index >= 15 is 0 Å². The fourth-order valence-corrected chi connectivity index (χ4v) is 1.99. The average Bonchev–Trinajstić information content (AvgIpc) is 2.25. The van der Waals surface area contributed by atoms with Crippen LogP contribution in [0.2, 0.25) is 0 Å². The second-order valence-corrected chi connectivity index (χ2v) is 6.48. The van der Waals surface area contributed by atoms with E-state index in [1.165, 1.54) is 0 Å². The van der Waals surface area contributed by atoms with E-state index in [2.05, 4.69) is 20.8 Å². The first-order valence-corrected chi connectivity index (χ1v) is 6.80. The number of esters is 1. The van der Waals surface area contributed by atoms with Crippen molar-refractivity contribution in [1.29, 1.82) is 0 Å². The zero-order valence-electron chi connectivity index (χ0n) is 12.8. The first-order chi connectivity index (χ1) is 9.10. The Morgan fingerprint density at radius 1 is 1.30 bits per heavy atom. The van der Waals surface area contributed by atoms with Crippen LogP contribution in [-0.4, -0.2) is 29.2 Å². The molecule has 0 heterocycles. The van der Waals surface area contributed by atoms with E-state index < -0.39 is 13.1 Å². The molecule has 0 aromatic heterocycles. The van der Waals surface area contributed by atoms with Gasteiger partial charge in [-0.2, -0.15) is 0 Å². The van der Waals surface area contributed by atoms with Crippen molar-refractivity contribution < 1.29 is 19.6 Å². The molecule has 110 valence electrons. The standard InChI is InChI=1S/C15H23BO4/c1-10(2)20-14(17)11-6-7-13(16(18)19)12(8-11)9-15(3,4)5/h6-8,10,18-19H,9H2,1-5H3. The lowest BCUT2D eigenvalue weighted by Gasteiger charge is -2.21. The molecule has 0 spiro atoms. The van der Waals surface area contributed by atoms with Crippen molar-refractivity contribution in [2.45, 2.75) is 47.1 Å². The molecule has 5 heteroatoms. The molecule has 1 aromatic carbocycles. The summed E-state index contributed by atoms with van der Waals surface area (Å²) in [6, 6.07) is 4.82. The van der Waals surface area contributed by atoms with Gasteiger partial charge in [0.15, 0.2) is 0 Å². The number of carbonyl (C=O) groups excluding carboxylic acids is 1. The Balaban J connectivity index is 3.13. The molecule has 0 aliphatic rings. The maximum absolute atomic E-state index is 11.9. The smallest absolute Gasteiger partial charge is 0.459 e. The fourth-order valence-electron chi connectivity index (χ4n) is 1.99. The highest BCUT2D eigenvalue weighted by atomic mass is 16.5. The van der Waals surface area contributed by atoms with Crippen LogP contribution in [0, 0.1) is 5.41 Å². The molecule has 0 fully saturated rings. The molecule has 0 aliphatic heterocycles. The second-order valence-electron chi connectivity index (χ2n) is 6.48. The molecule has 0 amide bonds. The van der Waals surface area contributed by atoms with E-state index in [0.717, 1.165) is 5.56 Å². The number of benzene rings is 1. The van der Waals surface area contributed by atoms with Crippen LogP contribution in [0.1, 0.15) is 50.5 Å². The van der Waals surface area contributed by atoms with Crippen molar-refractivity contribution in [2.24, 2.45) is 5.41 Å². The molecule has 0 aliphatic carbocycles. The van der Waals surface area contributed by atoms with Gasteiger partial charge in [0, 0.05) is 0 Å². The summed E-state index contributed by atoms with van der Waals surface area (Å²) in [6.07, 6.45) is 0.458. The summed E-state index contributed by atoms with van der Waals surface area (Å²) < 4.78 is 5.16. The third-order valence-electron chi connectivity index (χ3n) is 2.72. The first kappa shape index (κ1) is 16.7. The fraction of sp³-hybridized carbons (Fsp3) is 0.533. The molecular formula is C15H23BO4. The molecule has 4 nitrogen and oxygen atoms in total. The first-order valence-electron chi connectivity index (χ1n) is 6.80. The van der Waals surface area contributed by atoms with E-state index in [4.69, 9.17) is 4.74 Å². The zero-order valence-corrected chi connectivity index (χ0v) is 12.8. The van der Waals surface area contributed by atoms with E-state index in [1.54, 1.807) is 32.0 Å². The van der Waals surface area contributed by atoms with Crippen molar-refractivity contribution in [3.8, 4) is 0 Å². The minimum absolute atomic E-state index is 0.0236. The topological polar surface area (TPSA) is 66.8 Å². The van der Waals surface area contributed by atoms with Crippen molar-refractivity contribution in [1.82, 2.24) is 0 Å². The molecule has 0 radical (unpaired) electrons. The molecule has 0 saturated heterocycles.